The van der Waals surface area contributed by atoms with E-state index in [-0.39, 0.29) is 22.8 Å². The number of aromatic hydroxyl groups is 1. The van der Waals surface area contributed by atoms with Gasteiger partial charge in [-0.3, -0.25) is 4.79 Å². The van der Waals surface area contributed by atoms with Crippen molar-refractivity contribution in [3.8, 4) is 11.5 Å². The molecule has 0 saturated carbocycles. The van der Waals surface area contributed by atoms with Gasteiger partial charge in [0.1, 0.15) is 11.5 Å². The summed E-state index contributed by atoms with van der Waals surface area (Å²) in [5.41, 5.74) is 1.62. The Bertz CT molecular complexity index is 807. The van der Waals surface area contributed by atoms with Crippen molar-refractivity contribution >= 4 is 11.9 Å². The Balaban J connectivity index is 1.97. The van der Waals surface area contributed by atoms with Crippen molar-refractivity contribution in [1.29, 1.82) is 0 Å². The number of phenols is 1. The number of allylic oxidation sites excluding steroid dienone is 1. The number of ether oxygens (including phenoxy) is 1. The fraction of sp³-hybridized carbons (Fsp3) is 0.118. The Hall–Kier alpha value is -2.76. The number of hydrogen-bond donors (Lipinski definition) is 1. The summed E-state index contributed by atoms with van der Waals surface area (Å²) in [6.45, 7) is 0. The van der Waals surface area contributed by atoms with E-state index in [9.17, 15) is 23.1 Å². The molecule has 0 unspecified atom stereocenters. The van der Waals surface area contributed by atoms with Crippen molar-refractivity contribution < 1.29 is 27.8 Å². The number of Topliss-reactive ketones (excluding diaryl/α,β-unsaturated/α-hetero) is 1. The molecule has 0 spiro atoms. The number of alkyl halides is 3. The van der Waals surface area contributed by atoms with E-state index >= 15 is 0 Å². The molecule has 6 heteroatoms. The van der Waals surface area contributed by atoms with Crippen LogP contribution in [0.15, 0.2) is 48.0 Å². The van der Waals surface area contributed by atoms with Crippen molar-refractivity contribution in [2.45, 2.75) is 12.8 Å². The molecule has 1 aliphatic carbocycles. The van der Waals surface area contributed by atoms with Crippen LogP contribution in [0.2, 0.25) is 0 Å². The zero-order chi connectivity index (χ0) is 16.6. The van der Waals surface area contributed by atoms with Gasteiger partial charge in [0.2, 0.25) is 0 Å². The SMILES string of the molecule is O=C1/C(=C/c2ccccc2OC(F)(F)F)Cc2ccc(O)cc21. The first kappa shape index (κ1) is 15.1. The summed E-state index contributed by atoms with van der Waals surface area (Å²) in [7, 11) is 0. The minimum absolute atomic E-state index is 0.0286. The van der Waals surface area contributed by atoms with Gasteiger partial charge >= 0.3 is 6.36 Å². The largest absolute Gasteiger partial charge is 0.573 e. The highest BCUT2D eigenvalue weighted by Gasteiger charge is 2.32. The van der Waals surface area contributed by atoms with Crippen molar-refractivity contribution in [3.05, 3.63) is 64.7 Å². The first-order chi connectivity index (χ1) is 10.8. The van der Waals surface area contributed by atoms with E-state index in [4.69, 9.17) is 0 Å². The molecule has 23 heavy (non-hydrogen) atoms. The normalized spacial score (nSPS) is 15.8. The summed E-state index contributed by atoms with van der Waals surface area (Å²) in [6, 6.07) is 10.1. The number of para-hydroxylation sites is 1. The van der Waals surface area contributed by atoms with Crippen LogP contribution in [0.4, 0.5) is 13.2 Å². The highest BCUT2D eigenvalue weighted by atomic mass is 19.4. The van der Waals surface area contributed by atoms with Crippen molar-refractivity contribution in [2.75, 3.05) is 0 Å². The van der Waals surface area contributed by atoms with Crippen LogP contribution < -0.4 is 4.74 Å². The number of carbonyl (C=O) groups excluding carboxylic acids is 1. The van der Waals surface area contributed by atoms with Crippen LogP contribution in [0.1, 0.15) is 21.5 Å². The average Bonchev–Trinajstić information content (AvgIpc) is 2.76. The number of halogens is 3. The van der Waals surface area contributed by atoms with Gasteiger partial charge < -0.3 is 9.84 Å². The number of carbonyl (C=O) groups is 1. The number of ketones is 1. The maximum atomic E-state index is 12.4. The number of rotatable bonds is 2. The van der Waals surface area contributed by atoms with Gasteiger partial charge in [-0.2, -0.15) is 0 Å². The molecule has 0 saturated heterocycles. The number of phenolic OH excluding ortho intramolecular Hbond substituents is 1. The summed E-state index contributed by atoms with van der Waals surface area (Å²) in [4.78, 5) is 12.3. The van der Waals surface area contributed by atoms with Crippen LogP contribution in [0.5, 0.6) is 11.5 Å². The highest BCUT2D eigenvalue weighted by Crippen LogP contribution is 2.33. The van der Waals surface area contributed by atoms with Gasteiger partial charge in [-0.25, -0.2) is 0 Å². The zero-order valence-corrected chi connectivity index (χ0v) is 11.7. The third kappa shape index (κ3) is 3.21. The highest BCUT2D eigenvalue weighted by molar-refractivity contribution is 6.15. The molecule has 2 aromatic rings. The Labute approximate surface area is 129 Å². The van der Waals surface area contributed by atoms with Gasteiger partial charge in [-0.05, 0) is 29.8 Å². The molecular formula is C17H11F3O3. The van der Waals surface area contributed by atoms with Crippen LogP contribution >= 0.6 is 0 Å². The predicted octanol–water partition coefficient (Wildman–Crippen LogP) is 4.11. The first-order valence-electron chi connectivity index (χ1n) is 6.75. The fourth-order valence-corrected chi connectivity index (χ4v) is 2.51. The quantitative estimate of drug-likeness (QED) is 0.847. The molecule has 0 radical (unpaired) electrons. The van der Waals surface area contributed by atoms with Crippen molar-refractivity contribution in [2.24, 2.45) is 0 Å². The molecule has 0 bridgehead atoms. The molecule has 2 aromatic carbocycles. The monoisotopic (exact) mass is 320 g/mol. The fourth-order valence-electron chi connectivity index (χ4n) is 2.51. The molecule has 3 nitrogen and oxygen atoms in total. The molecule has 0 heterocycles. The molecule has 3 rings (SSSR count). The Morgan fingerprint density at radius 3 is 2.61 bits per heavy atom. The molecule has 1 aliphatic rings. The summed E-state index contributed by atoms with van der Waals surface area (Å²) >= 11 is 0. The maximum absolute atomic E-state index is 12.4. The third-order valence-electron chi connectivity index (χ3n) is 3.49. The minimum Gasteiger partial charge on any atom is -0.508 e. The lowest BCUT2D eigenvalue weighted by molar-refractivity contribution is -0.274. The Morgan fingerprint density at radius 2 is 1.87 bits per heavy atom. The van der Waals surface area contributed by atoms with Crippen LogP contribution in [0.3, 0.4) is 0 Å². The Morgan fingerprint density at radius 1 is 1.13 bits per heavy atom. The van der Waals surface area contributed by atoms with Crippen molar-refractivity contribution in [1.82, 2.24) is 0 Å². The lowest BCUT2D eigenvalue weighted by atomic mass is 10.1. The predicted molar refractivity (Wildman–Crippen MR) is 77.2 cm³/mol. The summed E-state index contributed by atoms with van der Waals surface area (Å²) < 4.78 is 41.3. The molecule has 0 aliphatic heterocycles. The third-order valence-corrected chi connectivity index (χ3v) is 3.49. The second-order valence-corrected chi connectivity index (χ2v) is 5.10. The molecule has 0 aromatic heterocycles. The number of hydrogen-bond acceptors (Lipinski definition) is 3. The van der Waals surface area contributed by atoms with E-state index in [1.54, 1.807) is 12.1 Å². The average molecular weight is 320 g/mol. The van der Waals surface area contributed by atoms with Crippen molar-refractivity contribution in [3.63, 3.8) is 0 Å². The minimum atomic E-state index is -4.80. The van der Waals surface area contributed by atoms with Crippen LogP contribution in [0, 0.1) is 0 Å². The summed E-state index contributed by atoms with van der Waals surface area (Å²) in [5.74, 6) is -0.698. The van der Waals surface area contributed by atoms with Gasteiger partial charge in [0.05, 0.1) is 0 Å². The van der Waals surface area contributed by atoms with E-state index in [1.165, 1.54) is 36.4 Å². The lowest BCUT2D eigenvalue weighted by Crippen LogP contribution is -2.17. The first-order valence-corrected chi connectivity index (χ1v) is 6.75. The van der Waals surface area contributed by atoms with Gasteiger partial charge in [-0.1, -0.05) is 24.3 Å². The molecule has 0 fully saturated rings. The molecular weight excluding hydrogens is 309 g/mol. The smallest absolute Gasteiger partial charge is 0.508 e. The number of benzene rings is 2. The maximum Gasteiger partial charge on any atom is 0.573 e. The molecule has 1 N–H and O–H groups in total. The second kappa shape index (κ2) is 5.46. The van der Waals surface area contributed by atoms with E-state index in [0.717, 1.165) is 5.56 Å². The second-order valence-electron chi connectivity index (χ2n) is 5.10. The molecule has 0 atom stereocenters. The van der Waals surface area contributed by atoms with E-state index in [1.807, 2.05) is 0 Å². The summed E-state index contributed by atoms with van der Waals surface area (Å²) in [5, 5.41) is 9.45. The molecule has 0 amide bonds. The topological polar surface area (TPSA) is 46.5 Å². The van der Waals surface area contributed by atoms with Gasteiger partial charge in [-0.15, -0.1) is 13.2 Å². The zero-order valence-electron chi connectivity index (χ0n) is 11.7. The lowest BCUT2D eigenvalue weighted by Gasteiger charge is -2.11. The Kier molecular flexibility index (Phi) is 3.60. The van der Waals surface area contributed by atoms with Gasteiger partial charge in [0, 0.05) is 23.1 Å². The van der Waals surface area contributed by atoms with E-state index in [0.29, 0.717) is 17.6 Å². The van der Waals surface area contributed by atoms with Crippen LogP contribution in [0.25, 0.3) is 6.08 Å². The summed E-state index contributed by atoms with van der Waals surface area (Å²) in [6.07, 6.45) is -3.11. The number of fused-ring (bicyclic) bond motifs is 1. The van der Waals surface area contributed by atoms with Gasteiger partial charge in [0.25, 0.3) is 0 Å². The van der Waals surface area contributed by atoms with Crippen LogP contribution in [-0.2, 0) is 6.42 Å². The van der Waals surface area contributed by atoms with Crippen LogP contribution in [-0.4, -0.2) is 17.3 Å². The molecule has 118 valence electrons. The standard InChI is InChI=1S/C17H11F3O3/c18-17(19,20)23-15-4-2-1-3-11(15)8-12-7-10-5-6-13(21)9-14(10)16(12)22/h1-6,8-9,21H,7H2/b12-8+. The van der Waals surface area contributed by atoms with Gasteiger partial charge in [0.15, 0.2) is 5.78 Å². The van der Waals surface area contributed by atoms with E-state index < -0.39 is 6.36 Å². The van der Waals surface area contributed by atoms with E-state index in [2.05, 4.69) is 4.74 Å².